The molecule has 2 unspecified atom stereocenters. The minimum atomic E-state index is -6.03. The Balaban J connectivity index is 3.02. The summed E-state index contributed by atoms with van der Waals surface area (Å²) in [5, 5.41) is 8.84. The van der Waals surface area contributed by atoms with E-state index < -0.39 is 49.1 Å². The lowest BCUT2D eigenvalue weighted by molar-refractivity contribution is -0.275. The number of ether oxygens (including phenoxy) is 1. The van der Waals surface area contributed by atoms with Crippen molar-refractivity contribution in [2.24, 2.45) is 5.92 Å². The smallest absolute Gasteiger partial charge is 0.463 e. The number of likely N-dealkylation sites (N-methyl/N-ethyl adjacent to an activating group) is 1. The molecule has 116 valence electrons. The van der Waals surface area contributed by atoms with E-state index in [1.807, 2.05) is 0 Å². The Bertz CT molecular complexity index is 398. The predicted octanol–water partition coefficient (Wildman–Crippen LogP) is 1.13. The number of hydrogen-bond donors (Lipinski definition) is 1. The van der Waals surface area contributed by atoms with Crippen molar-refractivity contribution in [3.8, 4) is 0 Å². The maximum Gasteiger partial charge on any atom is 0.463 e. The SMILES string of the molecule is CCN(C(=O)C(F)(F)C(F)(F)F)C1COCC1C(=O)O. The van der Waals surface area contributed by atoms with E-state index in [0.29, 0.717) is 0 Å². The van der Waals surface area contributed by atoms with Gasteiger partial charge in [-0.2, -0.15) is 22.0 Å². The minimum absolute atomic E-state index is 0.208. The summed E-state index contributed by atoms with van der Waals surface area (Å²) in [7, 11) is 0. The maximum absolute atomic E-state index is 13.0. The molecule has 0 aromatic carbocycles. The van der Waals surface area contributed by atoms with Crippen LogP contribution in [-0.2, 0) is 14.3 Å². The van der Waals surface area contributed by atoms with E-state index in [9.17, 15) is 31.5 Å². The number of aliphatic carboxylic acids is 1. The monoisotopic (exact) mass is 305 g/mol. The minimum Gasteiger partial charge on any atom is -0.481 e. The van der Waals surface area contributed by atoms with Gasteiger partial charge in [0.05, 0.1) is 19.3 Å². The summed E-state index contributed by atoms with van der Waals surface area (Å²) in [5.41, 5.74) is 0. The van der Waals surface area contributed by atoms with Crippen LogP contribution in [0.25, 0.3) is 0 Å². The lowest BCUT2D eigenvalue weighted by Gasteiger charge is -2.32. The Morgan fingerprint density at radius 1 is 1.25 bits per heavy atom. The molecule has 1 fully saturated rings. The number of halogens is 5. The van der Waals surface area contributed by atoms with Crippen LogP contribution in [0.3, 0.4) is 0 Å². The topological polar surface area (TPSA) is 66.8 Å². The number of carbonyl (C=O) groups is 2. The maximum atomic E-state index is 13.0. The van der Waals surface area contributed by atoms with E-state index in [4.69, 9.17) is 9.84 Å². The first-order valence-corrected chi connectivity index (χ1v) is 5.60. The van der Waals surface area contributed by atoms with E-state index >= 15 is 0 Å². The molecule has 1 aliphatic rings. The van der Waals surface area contributed by atoms with Crippen LogP contribution in [0.4, 0.5) is 22.0 Å². The van der Waals surface area contributed by atoms with Crippen molar-refractivity contribution in [2.45, 2.75) is 25.1 Å². The standard InChI is InChI=1S/C10H12F5NO4/c1-2-16(6-4-20-3-5(6)7(17)18)8(19)9(11,12)10(13,14)15/h5-6H,2-4H2,1H3,(H,17,18). The molecule has 0 aromatic heterocycles. The fraction of sp³-hybridized carbons (Fsp3) is 0.800. The lowest BCUT2D eigenvalue weighted by atomic mass is 10.0. The molecule has 1 amide bonds. The molecule has 1 aliphatic heterocycles. The molecule has 0 saturated carbocycles. The molecule has 0 bridgehead atoms. The largest absolute Gasteiger partial charge is 0.481 e. The second-order valence-electron chi connectivity index (χ2n) is 4.21. The highest BCUT2D eigenvalue weighted by molar-refractivity contribution is 5.85. The first-order chi connectivity index (χ1) is 9.04. The van der Waals surface area contributed by atoms with E-state index in [1.165, 1.54) is 6.92 Å². The van der Waals surface area contributed by atoms with Crippen molar-refractivity contribution in [3.05, 3.63) is 0 Å². The molecule has 1 saturated heterocycles. The molecule has 1 N–H and O–H groups in total. The molecule has 2 atom stereocenters. The van der Waals surface area contributed by atoms with Gasteiger partial charge >= 0.3 is 24.0 Å². The number of amides is 1. The van der Waals surface area contributed by atoms with Crippen LogP contribution in [0, 0.1) is 5.92 Å². The first-order valence-electron chi connectivity index (χ1n) is 5.60. The van der Waals surface area contributed by atoms with Gasteiger partial charge in [-0.3, -0.25) is 9.59 Å². The van der Waals surface area contributed by atoms with Crippen molar-refractivity contribution in [3.63, 3.8) is 0 Å². The second kappa shape index (κ2) is 5.51. The summed E-state index contributed by atoms with van der Waals surface area (Å²) < 4.78 is 67.4. The van der Waals surface area contributed by atoms with Crippen LogP contribution in [0.2, 0.25) is 0 Å². The zero-order chi connectivity index (χ0) is 15.7. The summed E-state index contributed by atoms with van der Waals surface area (Å²) in [5.74, 6) is -10.8. The van der Waals surface area contributed by atoms with Crippen LogP contribution in [0.5, 0.6) is 0 Å². The van der Waals surface area contributed by atoms with Gasteiger partial charge in [0, 0.05) is 6.54 Å². The highest BCUT2D eigenvalue weighted by atomic mass is 19.4. The van der Waals surface area contributed by atoms with Crippen LogP contribution in [-0.4, -0.2) is 59.8 Å². The first kappa shape index (κ1) is 16.6. The molecule has 1 heterocycles. The number of rotatable bonds is 4. The fourth-order valence-electron chi connectivity index (χ4n) is 1.92. The van der Waals surface area contributed by atoms with Crippen molar-refractivity contribution >= 4 is 11.9 Å². The average Bonchev–Trinajstić information content (AvgIpc) is 2.77. The molecule has 0 aromatic rings. The third-order valence-electron chi connectivity index (χ3n) is 2.99. The predicted molar refractivity (Wildman–Crippen MR) is 54.1 cm³/mol. The van der Waals surface area contributed by atoms with Crippen molar-refractivity contribution in [2.75, 3.05) is 19.8 Å². The molecule has 0 radical (unpaired) electrons. The molecular formula is C10H12F5NO4. The van der Waals surface area contributed by atoms with Gasteiger partial charge in [0.1, 0.15) is 5.92 Å². The van der Waals surface area contributed by atoms with Crippen LogP contribution < -0.4 is 0 Å². The highest BCUT2D eigenvalue weighted by Gasteiger charge is 2.65. The van der Waals surface area contributed by atoms with Gasteiger partial charge in [-0.05, 0) is 6.92 Å². The summed E-state index contributed by atoms with van der Waals surface area (Å²) in [6.45, 7) is -0.0459. The van der Waals surface area contributed by atoms with Gasteiger partial charge in [-0.15, -0.1) is 0 Å². The molecular weight excluding hydrogens is 293 g/mol. The summed E-state index contributed by atoms with van der Waals surface area (Å²) >= 11 is 0. The van der Waals surface area contributed by atoms with Crippen LogP contribution in [0.15, 0.2) is 0 Å². The zero-order valence-electron chi connectivity index (χ0n) is 10.3. The molecule has 0 aliphatic carbocycles. The fourth-order valence-corrected chi connectivity index (χ4v) is 1.92. The summed E-state index contributed by atoms with van der Waals surface area (Å²) in [4.78, 5) is 22.5. The van der Waals surface area contributed by atoms with E-state index in [1.54, 1.807) is 0 Å². The van der Waals surface area contributed by atoms with E-state index in [0.717, 1.165) is 0 Å². The molecule has 0 spiro atoms. The van der Waals surface area contributed by atoms with Gasteiger partial charge in [-0.1, -0.05) is 0 Å². The lowest BCUT2D eigenvalue weighted by Crippen LogP contribution is -2.57. The average molecular weight is 305 g/mol. The van der Waals surface area contributed by atoms with Gasteiger partial charge in [0.15, 0.2) is 0 Å². The summed E-state index contributed by atoms with van der Waals surface area (Å²) in [6, 6.07) is -1.35. The highest BCUT2D eigenvalue weighted by Crippen LogP contribution is 2.38. The number of alkyl halides is 5. The number of carbonyl (C=O) groups excluding carboxylic acids is 1. The number of carboxylic acids is 1. The Hall–Kier alpha value is -1.45. The Kier molecular flexibility index (Phi) is 4.57. The van der Waals surface area contributed by atoms with Crippen molar-refractivity contribution in [1.82, 2.24) is 4.90 Å². The number of carboxylic acid groups (broad SMARTS) is 1. The van der Waals surface area contributed by atoms with Crippen molar-refractivity contribution < 1.29 is 41.4 Å². The van der Waals surface area contributed by atoms with E-state index in [-0.39, 0.29) is 11.5 Å². The Morgan fingerprint density at radius 2 is 1.80 bits per heavy atom. The molecule has 5 nitrogen and oxygen atoms in total. The normalized spacial score (nSPS) is 23.7. The quantitative estimate of drug-likeness (QED) is 0.791. The second-order valence-corrected chi connectivity index (χ2v) is 4.21. The number of hydrogen-bond acceptors (Lipinski definition) is 3. The van der Waals surface area contributed by atoms with Gasteiger partial charge in [0.25, 0.3) is 0 Å². The molecule has 10 heteroatoms. The third kappa shape index (κ3) is 2.84. The Morgan fingerprint density at radius 3 is 2.20 bits per heavy atom. The Labute approximate surface area is 110 Å². The summed E-state index contributed by atoms with van der Waals surface area (Å²) in [6.07, 6.45) is -6.03. The molecule has 20 heavy (non-hydrogen) atoms. The van der Waals surface area contributed by atoms with Gasteiger partial charge in [-0.25, -0.2) is 0 Å². The third-order valence-corrected chi connectivity index (χ3v) is 2.99. The van der Waals surface area contributed by atoms with E-state index in [2.05, 4.69) is 0 Å². The van der Waals surface area contributed by atoms with Gasteiger partial charge in [0.2, 0.25) is 0 Å². The van der Waals surface area contributed by atoms with Crippen LogP contribution in [0.1, 0.15) is 6.92 Å². The van der Waals surface area contributed by atoms with Gasteiger partial charge < -0.3 is 14.7 Å². The zero-order valence-corrected chi connectivity index (χ0v) is 10.3. The van der Waals surface area contributed by atoms with Crippen LogP contribution >= 0.6 is 0 Å². The molecule has 1 rings (SSSR count). The number of nitrogens with zero attached hydrogens (tertiary/aromatic N) is 1. The van der Waals surface area contributed by atoms with Crippen molar-refractivity contribution in [1.29, 1.82) is 0 Å².